The number of benzene rings is 4. The third-order valence-electron chi connectivity index (χ3n) is 14.8. The van der Waals surface area contributed by atoms with E-state index in [1.165, 1.54) is 9.80 Å². The normalized spacial score (nSPS) is 32.1. The van der Waals surface area contributed by atoms with E-state index in [2.05, 4.69) is 10.2 Å². The molecular weight excluding hydrogens is 841 g/mol. The Bertz CT molecular complexity index is 2850. The molecule has 2 aromatic heterocycles. The second-order valence-electron chi connectivity index (χ2n) is 18.0. The maximum absolute atomic E-state index is 14.5. The number of ether oxygens (including phenoxy) is 2. The van der Waals surface area contributed by atoms with Crippen LogP contribution < -0.4 is 10.0 Å². The molecule has 0 saturated carbocycles. The van der Waals surface area contributed by atoms with Gasteiger partial charge in [-0.2, -0.15) is 30.0 Å². The molecule has 8 aliphatic rings. The Morgan fingerprint density at radius 1 is 0.409 bits per heavy atom. The van der Waals surface area contributed by atoms with Gasteiger partial charge in [0, 0.05) is 13.1 Å². The number of carbonyl (C=O) groups excluding carboxylic acids is 4. The van der Waals surface area contributed by atoms with Gasteiger partial charge < -0.3 is 9.47 Å². The Balaban J connectivity index is 0.729. The lowest BCUT2D eigenvalue weighted by atomic mass is 9.70. The first-order chi connectivity index (χ1) is 32.4. The van der Waals surface area contributed by atoms with Gasteiger partial charge in [-0.15, -0.1) is 10.2 Å². The molecule has 6 aromatic rings. The molecule has 326 valence electrons. The Hall–Kier alpha value is -7.70. The number of fused-ring (bicyclic) bond motifs is 16. The number of rotatable bonds is 9. The molecule has 0 aliphatic carbocycles. The van der Waals surface area contributed by atoms with Gasteiger partial charge in [0.25, 0.3) is 0 Å². The van der Waals surface area contributed by atoms with E-state index in [0.717, 1.165) is 22.7 Å². The van der Waals surface area contributed by atoms with Gasteiger partial charge in [-0.05, 0) is 48.5 Å². The molecule has 10 heterocycles. The molecule has 0 radical (unpaired) electrons. The fraction of sp³-hybridized carbons (Fsp3) is 0.292. The van der Waals surface area contributed by atoms with Crippen molar-refractivity contribution in [3.8, 4) is 11.4 Å². The minimum absolute atomic E-state index is 0.125. The van der Waals surface area contributed by atoms with Gasteiger partial charge in [-0.1, -0.05) is 72.8 Å². The van der Waals surface area contributed by atoms with Crippen LogP contribution in [0.15, 0.2) is 144 Å². The summed E-state index contributed by atoms with van der Waals surface area (Å²) in [6.45, 7) is -0.251. The third kappa shape index (κ3) is 5.12. The molecule has 4 amide bonds. The lowest BCUT2D eigenvalue weighted by Crippen LogP contribution is -2.50. The van der Waals surface area contributed by atoms with Crippen molar-refractivity contribution in [3.63, 3.8) is 0 Å². The van der Waals surface area contributed by atoms with E-state index in [1.807, 2.05) is 131 Å². The summed E-state index contributed by atoms with van der Waals surface area (Å²) in [5, 5.41) is 32.7. The minimum atomic E-state index is -0.761. The predicted molar refractivity (Wildman–Crippen MR) is 233 cm³/mol. The van der Waals surface area contributed by atoms with Crippen molar-refractivity contribution >= 4 is 46.4 Å². The summed E-state index contributed by atoms with van der Waals surface area (Å²) in [7, 11) is 0. The largest absolute Gasteiger partial charge is 0.370 e. The Labute approximate surface area is 375 Å². The van der Waals surface area contributed by atoms with Crippen LogP contribution in [0.1, 0.15) is 11.4 Å². The number of nitrogens with zero attached hydrogens (tertiary/aromatic N) is 12. The quantitative estimate of drug-likeness (QED) is 0.194. The fourth-order valence-corrected chi connectivity index (χ4v) is 12.2. The maximum atomic E-state index is 14.5. The predicted octanol–water partition coefficient (Wildman–Crippen LogP) is 2.73. The molecule has 12 atom stereocenters. The number of hydrogen-bond acceptors (Lipinski definition) is 14. The zero-order chi connectivity index (χ0) is 43.9. The van der Waals surface area contributed by atoms with Crippen molar-refractivity contribution in [2.45, 2.75) is 36.5 Å². The number of amides is 4. The van der Waals surface area contributed by atoms with E-state index in [-0.39, 0.29) is 60.6 Å². The summed E-state index contributed by atoms with van der Waals surface area (Å²) in [6.07, 6.45) is 0.748. The standard InChI is InChI=1S/C48H38N12O6/c61-45-31-33(43-39-35(41(31)65-43)37(53-57(39)25-13-5-1-6-14-25)29-23-49-59(51-29)27-17-9-3-10-18-27)47(63)55(45)21-22-56-46(62)32-34(48(56)64)44-40-36(42(32)66-44)38(54-58(40)26-15-7-2-8-16-26)30-24-50-60(52-30)28-19-11-4-12-20-28/h1-20,23-24,31-36,39-44H,21-22H2/t31-,32-,33+,34+,35+,36+,39-,40-,41-,42-,43+,44+/m0/s1. The van der Waals surface area contributed by atoms with Crippen LogP contribution in [0.25, 0.3) is 11.4 Å². The van der Waals surface area contributed by atoms with E-state index >= 15 is 0 Å². The van der Waals surface area contributed by atoms with Crippen LogP contribution in [-0.2, 0) is 28.7 Å². The molecule has 0 N–H and O–H groups in total. The zero-order valence-electron chi connectivity index (χ0n) is 34.9. The first kappa shape index (κ1) is 37.7. The Morgan fingerprint density at radius 2 is 0.742 bits per heavy atom. The number of aromatic nitrogens is 6. The smallest absolute Gasteiger partial charge is 0.235 e. The van der Waals surface area contributed by atoms with Crippen molar-refractivity contribution in [1.29, 1.82) is 0 Å². The van der Waals surface area contributed by atoms with Crippen LogP contribution >= 0.6 is 0 Å². The highest BCUT2D eigenvalue weighted by Gasteiger charge is 2.74. The summed E-state index contributed by atoms with van der Waals surface area (Å²) in [5.41, 5.74) is 5.59. The molecule has 18 nitrogen and oxygen atoms in total. The molecule has 18 heteroatoms. The van der Waals surface area contributed by atoms with Gasteiger partial charge in [0.2, 0.25) is 23.6 Å². The van der Waals surface area contributed by atoms with Crippen molar-refractivity contribution in [3.05, 3.63) is 145 Å². The zero-order valence-corrected chi connectivity index (χ0v) is 34.9. The van der Waals surface area contributed by atoms with Crippen molar-refractivity contribution in [2.75, 3.05) is 23.1 Å². The topological polar surface area (TPSA) is 186 Å². The average Bonchev–Trinajstić information content (AvgIpc) is 4.22. The van der Waals surface area contributed by atoms with E-state index in [0.29, 0.717) is 22.8 Å². The lowest BCUT2D eigenvalue weighted by Gasteiger charge is -2.32. The third-order valence-corrected chi connectivity index (χ3v) is 14.8. The summed E-state index contributed by atoms with van der Waals surface area (Å²) in [6, 6.07) is 37.7. The van der Waals surface area contributed by atoms with Crippen LogP contribution in [0.4, 0.5) is 11.4 Å². The molecule has 8 aliphatic heterocycles. The van der Waals surface area contributed by atoms with Crippen LogP contribution in [0.2, 0.25) is 0 Å². The van der Waals surface area contributed by atoms with E-state index < -0.39 is 48.1 Å². The van der Waals surface area contributed by atoms with E-state index in [1.54, 1.807) is 22.0 Å². The number of carbonyl (C=O) groups is 4. The molecule has 4 aromatic carbocycles. The van der Waals surface area contributed by atoms with Crippen molar-refractivity contribution < 1.29 is 28.7 Å². The van der Waals surface area contributed by atoms with Gasteiger partial charge >= 0.3 is 0 Å². The molecule has 0 unspecified atom stereocenters. The monoisotopic (exact) mass is 878 g/mol. The van der Waals surface area contributed by atoms with Gasteiger partial charge in [0.1, 0.15) is 11.4 Å². The highest BCUT2D eigenvalue weighted by molar-refractivity contribution is 6.11. The summed E-state index contributed by atoms with van der Waals surface area (Å²) in [4.78, 5) is 63.5. The maximum Gasteiger partial charge on any atom is 0.235 e. The first-order valence-corrected chi connectivity index (χ1v) is 22.3. The highest BCUT2D eigenvalue weighted by atomic mass is 16.5. The van der Waals surface area contributed by atoms with Crippen molar-refractivity contribution in [1.82, 2.24) is 39.8 Å². The highest BCUT2D eigenvalue weighted by Crippen LogP contribution is 2.58. The number of hydrazone groups is 2. The summed E-state index contributed by atoms with van der Waals surface area (Å²) >= 11 is 0. The SMILES string of the molecule is O=C1[C@@H]2[C@@H]3O[C@H]([C@@H]2C(=O)N1CCN1C(=O)[C@@H]2[C@@H]4O[C@H]([C@@H]2C1=O)[C@@H]1[C@H]4C(c2cnn(-c4ccccc4)n2)=NN1c1ccccc1)[C@@H]1[C@H]3C(c2cnn(-c3ccccc3)n2)=NN1c1ccccc1. The summed E-state index contributed by atoms with van der Waals surface area (Å²) < 4.78 is 13.2. The molecule has 14 rings (SSSR count). The minimum Gasteiger partial charge on any atom is -0.370 e. The van der Waals surface area contributed by atoms with Crippen molar-refractivity contribution in [2.24, 2.45) is 45.7 Å². The van der Waals surface area contributed by atoms with Gasteiger partial charge in [0.15, 0.2) is 0 Å². The van der Waals surface area contributed by atoms with Gasteiger partial charge in [-0.25, -0.2) is 0 Å². The first-order valence-electron chi connectivity index (χ1n) is 22.3. The fourth-order valence-electron chi connectivity index (χ4n) is 12.2. The number of hydrogen-bond donors (Lipinski definition) is 0. The van der Waals surface area contributed by atoms with E-state index in [4.69, 9.17) is 29.9 Å². The molecule has 6 fully saturated rings. The molecule has 4 bridgehead atoms. The number of imide groups is 2. The van der Waals surface area contributed by atoms with Gasteiger partial charge in [-0.3, -0.25) is 39.0 Å². The summed E-state index contributed by atoms with van der Waals surface area (Å²) in [5.74, 6) is -5.26. The molecule has 6 saturated heterocycles. The van der Waals surface area contributed by atoms with Crippen LogP contribution in [0.5, 0.6) is 0 Å². The Kier molecular flexibility index (Phi) is 7.93. The number of likely N-dealkylation sites (tertiary alicyclic amines) is 2. The lowest BCUT2D eigenvalue weighted by molar-refractivity contribution is -0.148. The molecule has 0 spiro atoms. The second-order valence-corrected chi connectivity index (χ2v) is 18.0. The number of para-hydroxylation sites is 4. The van der Waals surface area contributed by atoms with Crippen LogP contribution in [0, 0.1) is 35.5 Å². The number of anilines is 2. The molecular formula is C48H38N12O6. The Morgan fingerprint density at radius 3 is 1.11 bits per heavy atom. The van der Waals surface area contributed by atoms with Crippen LogP contribution in [-0.4, -0.2) is 124 Å². The van der Waals surface area contributed by atoms with Crippen LogP contribution in [0.3, 0.4) is 0 Å². The van der Waals surface area contributed by atoms with Gasteiger partial charge in [0.05, 0.1) is 119 Å². The molecule has 66 heavy (non-hydrogen) atoms. The second kappa shape index (κ2) is 13.9. The average molecular weight is 879 g/mol. The van der Waals surface area contributed by atoms with E-state index in [9.17, 15) is 19.2 Å².